The Morgan fingerprint density at radius 1 is 1.58 bits per heavy atom. The van der Waals surface area contributed by atoms with Crippen LogP contribution in [-0.4, -0.2) is 34.9 Å². The summed E-state index contributed by atoms with van der Waals surface area (Å²) in [5.74, 6) is 2.83. The Morgan fingerprint density at radius 3 is 3.16 bits per heavy atom. The van der Waals surface area contributed by atoms with Crippen molar-refractivity contribution in [2.45, 2.75) is 11.1 Å². The number of thioether (sulfide) groups is 1. The zero-order valence-corrected chi connectivity index (χ0v) is 11.2. The molecule has 3 rings (SSSR count). The van der Waals surface area contributed by atoms with Gasteiger partial charge >= 0.3 is 0 Å². The van der Waals surface area contributed by atoms with Crippen LogP contribution in [0.15, 0.2) is 36.0 Å². The molecule has 19 heavy (non-hydrogen) atoms. The van der Waals surface area contributed by atoms with Crippen LogP contribution in [0, 0.1) is 0 Å². The molecule has 100 valence electrons. The minimum Gasteiger partial charge on any atom is -0.473 e. The fourth-order valence-corrected chi connectivity index (χ4v) is 2.73. The van der Waals surface area contributed by atoms with E-state index in [1.165, 1.54) is 0 Å². The normalized spacial score (nSPS) is 21.9. The first-order valence-electron chi connectivity index (χ1n) is 5.95. The molecule has 3 N–H and O–H groups in total. The van der Waals surface area contributed by atoms with E-state index >= 15 is 0 Å². The second-order valence-corrected chi connectivity index (χ2v) is 5.34. The van der Waals surface area contributed by atoms with Crippen molar-refractivity contribution in [2.24, 2.45) is 5.73 Å². The van der Waals surface area contributed by atoms with Crippen LogP contribution in [0.4, 0.5) is 11.6 Å². The van der Waals surface area contributed by atoms with Crippen molar-refractivity contribution in [3.05, 3.63) is 30.9 Å². The summed E-state index contributed by atoms with van der Waals surface area (Å²) in [6, 6.07) is 0. The molecule has 1 aromatic rings. The molecule has 0 aromatic carbocycles. The van der Waals surface area contributed by atoms with Gasteiger partial charge in [0.25, 0.3) is 0 Å². The van der Waals surface area contributed by atoms with Gasteiger partial charge in [-0.2, -0.15) is 0 Å². The molecule has 3 heterocycles. The van der Waals surface area contributed by atoms with Gasteiger partial charge in [-0.3, -0.25) is 4.90 Å². The smallest absolute Gasteiger partial charge is 0.188 e. The second kappa shape index (κ2) is 4.75. The lowest BCUT2D eigenvalue weighted by Crippen LogP contribution is -2.27. The molecule has 0 bridgehead atoms. The first-order chi connectivity index (χ1) is 9.17. The highest BCUT2D eigenvalue weighted by Gasteiger charge is 2.28. The minimum atomic E-state index is -0.0392. The second-order valence-electron chi connectivity index (χ2n) is 4.38. The summed E-state index contributed by atoms with van der Waals surface area (Å²) in [6.07, 6.45) is 1.69. The zero-order valence-electron chi connectivity index (χ0n) is 10.4. The molecule has 1 aromatic heterocycles. The van der Waals surface area contributed by atoms with Crippen LogP contribution in [-0.2, 0) is 4.74 Å². The van der Waals surface area contributed by atoms with Gasteiger partial charge < -0.3 is 15.8 Å². The van der Waals surface area contributed by atoms with Crippen LogP contribution < -0.4 is 16.0 Å². The average Bonchev–Trinajstić information content (AvgIpc) is 2.79. The summed E-state index contributed by atoms with van der Waals surface area (Å²) in [5.41, 5.74) is 6.54. The molecule has 2 aliphatic heterocycles. The number of hydrogen-bond acceptors (Lipinski definition) is 7. The third kappa shape index (κ3) is 2.26. The molecule has 0 radical (unpaired) electrons. The van der Waals surface area contributed by atoms with Crippen LogP contribution in [0.5, 0.6) is 0 Å². The lowest BCUT2D eigenvalue weighted by atomic mass is 10.3. The molecule has 0 saturated carbocycles. The quantitative estimate of drug-likeness (QED) is 0.839. The number of anilines is 2. The molecular formula is C12H15N5OS. The predicted molar refractivity (Wildman–Crippen MR) is 75.9 cm³/mol. The summed E-state index contributed by atoms with van der Waals surface area (Å²) in [6.45, 7) is 8.89. The highest BCUT2D eigenvalue weighted by atomic mass is 32.2. The van der Waals surface area contributed by atoms with E-state index in [0.29, 0.717) is 24.8 Å². The predicted octanol–water partition coefficient (Wildman–Crippen LogP) is 1.14. The number of hydrogen-bond donors (Lipinski definition) is 2. The van der Waals surface area contributed by atoms with Gasteiger partial charge in [-0.25, -0.2) is 9.97 Å². The van der Waals surface area contributed by atoms with E-state index in [9.17, 15) is 0 Å². The van der Waals surface area contributed by atoms with E-state index in [2.05, 4.69) is 28.4 Å². The minimum absolute atomic E-state index is 0.0392. The van der Waals surface area contributed by atoms with E-state index in [1.807, 2.05) is 4.90 Å². The van der Waals surface area contributed by atoms with Gasteiger partial charge in [-0.15, -0.1) is 0 Å². The van der Waals surface area contributed by atoms with E-state index < -0.39 is 0 Å². The number of ether oxygens (including phenoxy) is 1. The molecule has 6 nitrogen and oxygen atoms in total. The number of fused-ring (bicyclic) bond motifs is 1. The number of aromatic nitrogens is 2. The topological polar surface area (TPSA) is 76.3 Å². The highest BCUT2D eigenvalue weighted by Crippen LogP contribution is 2.33. The fourth-order valence-electron chi connectivity index (χ4n) is 1.99. The highest BCUT2D eigenvalue weighted by molar-refractivity contribution is 7.99. The maximum atomic E-state index is 5.61. The molecule has 0 unspecified atom stereocenters. The van der Waals surface area contributed by atoms with Gasteiger partial charge in [0.05, 0.1) is 12.7 Å². The van der Waals surface area contributed by atoms with Crippen LogP contribution in [0.3, 0.4) is 0 Å². The Balaban J connectivity index is 1.88. The van der Waals surface area contributed by atoms with Crippen molar-refractivity contribution in [3.8, 4) is 0 Å². The summed E-state index contributed by atoms with van der Waals surface area (Å²) >= 11 is 1.63. The number of rotatable bonds is 2. The fraction of sp³-hybridized carbons (Fsp3) is 0.333. The molecular weight excluding hydrogens is 262 g/mol. The monoisotopic (exact) mass is 277 g/mol. The van der Waals surface area contributed by atoms with Crippen LogP contribution in [0.2, 0.25) is 0 Å². The van der Waals surface area contributed by atoms with Crippen molar-refractivity contribution in [1.82, 2.24) is 9.97 Å². The molecule has 1 saturated heterocycles. The summed E-state index contributed by atoms with van der Waals surface area (Å²) in [7, 11) is 0. The number of nitrogens with two attached hydrogens (primary N) is 1. The van der Waals surface area contributed by atoms with Gasteiger partial charge in [0, 0.05) is 18.0 Å². The van der Waals surface area contributed by atoms with Crippen molar-refractivity contribution >= 4 is 23.4 Å². The molecule has 1 atom stereocenters. The van der Waals surface area contributed by atoms with Gasteiger partial charge in [0.2, 0.25) is 0 Å². The van der Waals surface area contributed by atoms with Crippen molar-refractivity contribution in [1.29, 1.82) is 0 Å². The maximum Gasteiger partial charge on any atom is 0.188 e. The third-order valence-electron chi connectivity index (χ3n) is 2.93. The van der Waals surface area contributed by atoms with Gasteiger partial charge in [0.1, 0.15) is 11.1 Å². The molecule has 7 heteroatoms. The van der Waals surface area contributed by atoms with Gasteiger partial charge in [-0.1, -0.05) is 18.3 Å². The lowest BCUT2D eigenvalue weighted by Gasteiger charge is -2.20. The van der Waals surface area contributed by atoms with E-state index in [1.54, 1.807) is 18.0 Å². The zero-order chi connectivity index (χ0) is 13.4. The largest absolute Gasteiger partial charge is 0.473 e. The molecule has 0 amide bonds. The Labute approximate surface area is 115 Å². The SMILES string of the molecule is C=C1CSc2ncc(N3C[C@@H](CN)OC3=C)nc2N1. The molecule has 2 aliphatic rings. The Morgan fingerprint density at radius 2 is 2.42 bits per heavy atom. The molecule has 0 aliphatic carbocycles. The van der Waals surface area contributed by atoms with Crippen molar-refractivity contribution < 1.29 is 4.74 Å². The van der Waals surface area contributed by atoms with E-state index in [-0.39, 0.29) is 6.10 Å². The van der Waals surface area contributed by atoms with Crippen LogP contribution >= 0.6 is 11.8 Å². The first kappa shape index (κ1) is 12.3. The van der Waals surface area contributed by atoms with Crippen LogP contribution in [0.1, 0.15) is 0 Å². The summed E-state index contributed by atoms with van der Waals surface area (Å²) < 4.78 is 5.54. The van der Waals surface area contributed by atoms with Crippen molar-refractivity contribution in [2.75, 3.05) is 29.1 Å². The average molecular weight is 277 g/mol. The first-order valence-corrected chi connectivity index (χ1v) is 6.93. The lowest BCUT2D eigenvalue weighted by molar-refractivity contribution is 0.176. The maximum absolute atomic E-state index is 5.61. The van der Waals surface area contributed by atoms with E-state index in [4.69, 9.17) is 10.5 Å². The molecule has 1 fully saturated rings. The number of nitrogens with one attached hydrogen (secondary N) is 1. The van der Waals surface area contributed by atoms with Gasteiger partial charge in [0.15, 0.2) is 17.5 Å². The van der Waals surface area contributed by atoms with E-state index in [0.717, 1.165) is 22.3 Å². The summed E-state index contributed by atoms with van der Waals surface area (Å²) in [4.78, 5) is 10.8. The standard InChI is InChI=1S/C12H15N5OS/c1-7-6-19-12-11(15-7)16-10(4-14-12)17-5-9(3-13)18-8(17)2/h4,9H,1-3,5-6,13H2,(H,15,16)/t9-/m1/s1. The molecule has 0 spiro atoms. The number of nitrogens with zero attached hydrogens (tertiary/aromatic N) is 3. The third-order valence-corrected chi connectivity index (χ3v) is 4.00. The Kier molecular flexibility index (Phi) is 3.08. The Bertz CT molecular complexity index is 547. The summed E-state index contributed by atoms with van der Waals surface area (Å²) in [5, 5.41) is 4.04. The van der Waals surface area contributed by atoms with Gasteiger partial charge in [-0.05, 0) is 6.58 Å². The van der Waals surface area contributed by atoms with Crippen LogP contribution in [0.25, 0.3) is 0 Å². The van der Waals surface area contributed by atoms with Crippen molar-refractivity contribution in [3.63, 3.8) is 0 Å². The Hall–Kier alpha value is -1.73.